The number of ether oxygens (including phenoxy) is 2. The van der Waals surface area contributed by atoms with Crippen molar-refractivity contribution in [1.29, 1.82) is 0 Å². The van der Waals surface area contributed by atoms with Crippen LogP contribution in [0.5, 0.6) is 5.88 Å². The molecular formula is C20H23N5O4. The van der Waals surface area contributed by atoms with Crippen LogP contribution in [0.1, 0.15) is 18.5 Å². The molecule has 2 aromatic heterocycles. The van der Waals surface area contributed by atoms with Crippen molar-refractivity contribution in [1.82, 2.24) is 19.7 Å². The number of anilines is 1. The molecule has 2 N–H and O–H groups in total. The first kappa shape index (κ1) is 19.1. The highest BCUT2D eigenvalue weighted by Gasteiger charge is 2.15. The van der Waals surface area contributed by atoms with Crippen LogP contribution < -0.4 is 21.2 Å². The number of aromatic amines is 1. The minimum absolute atomic E-state index is 0.0607. The molecule has 1 atom stereocenters. The second-order valence-electron chi connectivity index (χ2n) is 7.07. The van der Waals surface area contributed by atoms with Gasteiger partial charge >= 0.3 is 0 Å². The van der Waals surface area contributed by atoms with Crippen LogP contribution in [0.4, 0.5) is 5.95 Å². The summed E-state index contributed by atoms with van der Waals surface area (Å²) in [6.45, 7) is 2.23. The number of aromatic nitrogens is 4. The molecule has 9 nitrogen and oxygen atoms in total. The van der Waals surface area contributed by atoms with Gasteiger partial charge in [0.05, 0.1) is 36.7 Å². The summed E-state index contributed by atoms with van der Waals surface area (Å²) in [7, 11) is 1.51. The Balaban J connectivity index is 1.59. The summed E-state index contributed by atoms with van der Waals surface area (Å²) < 4.78 is 12.1. The van der Waals surface area contributed by atoms with Crippen molar-refractivity contribution in [2.45, 2.75) is 19.4 Å². The smallest absolute Gasteiger partial charge is 0.275 e. The highest BCUT2D eigenvalue weighted by Crippen LogP contribution is 2.19. The fourth-order valence-corrected chi connectivity index (χ4v) is 3.50. The van der Waals surface area contributed by atoms with Gasteiger partial charge in [0.2, 0.25) is 11.8 Å². The summed E-state index contributed by atoms with van der Waals surface area (Å²) in [5.74, 6) is 1.10. The average molecular weight is 397 g/mol. The van der Waals surface area contributed by atoms with Crippen molar-refractivity contribution < 1.29 is 9.47 Å². The molecule has 4 rings (SSSR count). The molecule has 3 aromatic rings. The van der Waals surface area contributed by atoms with E-state index in [1.807, 2.05) is 6.07 Å². The molecule has 3 heterocycles. The van der Waals surface area contributed by atoms with Crippen LogP contribution in [0.15, 0.2) is 39.9 Å². The summed E-state index contributed by atoms with van der Waals surface area (Å²) in [4.78, 5) is 32.0. The highest BCUT2D eigenvalue weighted by molar-refractivity contribution is 5.85. The number of rotatable bonds is 6. The van der Waals surface area contributed by atoms with Crippen molar-refractivity contribution in [2.24, 2.45) is 5.92 Å². The third-order valence-corrected chi connectivity index (χ3v) is 4.95. The Bertz CT molecular complexity index is 1120. The first-order valence-corrected chi connectivity index (χ1v) is 9.60. The van der Waals surface area contributed by atoms with Gasteiger partial charge in [0, 0.05) is 19.2 Å². The quantitative estimate of drug-likeness (QED) is 0.646. The molecule has 1 fully saturated rings. The van der Waals surface area contributed by atoms with Gasteiger partial charge in [0.1, 0.15) is 0 Å². The Kier molecular flexibility index (Phi) is 5.57. The largest absolute Gasteiger partial charge is 0.480 e. The molecule has 1 saturated heterocycles. The van der Waals surface area contributed by atoms with E-state index in [0.29, 0.717) is 47.4 Å². The normalized spacial score (nSPS) is 16.7. The van der Waals surface area contributed by atoms with Crippen LogP contribution in [-0.4, -0.2) is 46.6 Å². The zero-order chi connectivity index (χ0) is 20.2. The van der Waals surface area contributed by atoms with E-state index in [1.54, 1.807) is 18.2 Å². The second kappa shape index (κ2) is 8.44. The molecule has 0 amide bonds. The number of nitrogens with zero attached hydrogens (tertiary/aromatic N) is 3. The van der Waals surface area contributed by atoms with Gasteiger partial charge in [-0.3, -0.25) is 14.6 Å². The van der Waals surface area contributed by atoms with Crippen LogP contribution in [0, 0.1) is 5.92 Å². The van der Waals surface area contributed by atoms with Crippen LogP contribution >= 0.6 is 0 Å². The minimum Gasteiger partial charge on any atom is -0.480 e. The van der Waals surface area contributed by atoms with E-state index in [1.165, 1.54) is 17.9 Å². The lowest BCUT2D eigenvalue weighted by molar-refractivity contribution is 0.0594. The second-order valence-corrected chi connectivity index (χ2v) is 7.07. The molecule has 0 bridgehead atoms. The lowest BCUT2D eigenvalue weighted by Gasteiger charge is -2.22. The molecule has 9 heteroatoms. The monoisotopic (exact) mass is 397 g/mol. The van der Waals surface area contributed by atoms with Gasteiger partial charge in [0.25, 0.3) is 11.1 Å². The molecule has 29 heavy (non-hydrogen) atoms. The summed E-state index contributed by atoms with van der Waals surface area (Å²) in [5, 5.41) is 8.60. The Morgan fingerprint density at radius 3 is 2.90 bits per heavy atom. The van der Waals surface area contributed by atoms with Crippen molar-refractivity contribution in [2.75, 3.05) is 32.2 Å². The summed E-state index contributed by atoms with van der Waals surface area (Å²) in [6, 6.07) is 8.49. The number of nitrogens with one attached hydrogen (secondary N) is 2. The van der Waals surface area contributed by atoms with Gasteiger partial charge < -0.3 is 14.8 Å². The van der Waals surface area contributed by atoms with E-state index in [0.717, 1.165) is 19.4 Å². The molecule has 0 saturated carbocycles. The molecular weight excluding hydrogens is 374 g/mol. The topological polar surface area (TPSA) is 111 Å². The van der Waals surface area contributed by atoms with Crippen molar-refractivity contribution in [3.8, 4) is 5.88 Å². The predicted octanol–water partition coefficient (Wildman–Crippen LogP) is 1.38. The fourth-order valence-electron chi connectivity index (χ4n) is 3.50. The minimum atomic E-state index is -0.293. The maximum absolute atomic E-state index is 12.8. The number of H-pyrrole nitrogens is 1. The zero-order valence-electron chi connectivity index (χ0n) is 16.2. The Morgan fingerprint density at radius 1 is 1.31 bits per heavy atom. The van der Waals surface area contributed by atoms with E-state index in [2.05, 4.69) is 20.4 Å². The van der Waals surface area contributed by atoms with Gasteiger partial charge in [-0.05, 0) is 30.9 Å². The number of fused-ring (bicyclic) bond motifs is 1. The maximum Gasteiger partial charge on any atom is 0.275 e. The van der Waals surface area contributed by atoms with Gasteiger partial charge in [-0.15, -0.1) is 5.10 Å². The number of hydrogen-bond acceptors (Lipinski definition) is 7. The summed E-state index contributed by atoms with van der Waals surface area (Å²) >= 11 is 0. The molecule has 0 radical (unpaired) electrons. The fraction of sp³-hybridized carbons (Fsp3) is 0.400. The molecule has 1 aromatic carbocycles. The SMILES string of the molecule is COc1nn(Cc2cc(=O)[nH]c(NC[C@@H]3CCCOC3)n2)c(=O)c2ccccc12. The van der Waals surface area contributed by atoms with Crippen LogP contribution in [0.2, 0.25) is 0 Å². The predicted molar refractivity (Wildman–Crippen MR) is 109 cm³/mol. The lowest BCUT2D eigenvalue weighted by Crippen LogP contribution is -2.27. The Hall–Kier alpha value is -3.20. The van der Waals surface area contributed by atoms with E-state index < -0.39 is 0 Å². The number of benzene rings is 1. The first-order chi connectivity index (χ1) is 14.1. The van der Waals surface area contributed by atoms with E-state index in [9.17, 15) is 9.59 Å². The molecule has 0 unspecified atom stereocenters. The summed E-state index contributed by atoms with van der Waals surface area (Å²) in [6.07, 6.45) is 2.11. The lowest BCUT2D eigenvalue weighted by atomic mass is 10.0. The van der Waals surface area contributed by atoms with E-state index >= 15 is 0 Å². The van der Waals surface area contributed by atoms with Crippen LogP contribution in [0.3, 0.4) is 0 Å². The molecule has 152 valence electrons. The van der Waals surface area contributed by atoms with E-state index in [-0.39, 0.29) is 17.7 Å². The van der Waals surface area contributed by atoms with Crippen LogP contribution in [0.25, 0.3) is 10.8 Å². The van der Waals surface area contributed by atoms with Crippen molar-refractivity contribution in [3.05, 3.63) is 56.7 Å². The molecule has 1 aliphatic rings. The standard InChI is InChI=1S/C20H23N5O4/c1-28-18-15-6-2-3-7-16(15)19(27)25(24-18)11-14-9-17(26)23-20(22-14)21-10-13-5-4-8-29-12-13/h2-3,6-7,9,13H,4-5,8,10-12H2,1H3,(H2,21,22,23,26)/t13-/m0/s1. The third-order valence-electron chi connectivity index (χ3n) is 4.95. The molecule has 1 aliphatic heterocycles. The first-order valence-electron chi connectivity index (χ1n) is 9.60. The zero-order valence-corrected chi connectivity index (χ0v) is 16.2. The number of methoxy groups -OCH3 is 1. The van der Waals surface area contributed by atoms with Gasteiger partial charge in [-0.2, -0.15) is 0 Å². The van der Waals surface area contributed by atoms with E-state index in [4.69, 9.17) is 9.47 Å². The van der Waals surface area contributed by atoms with Crippen LogP contribution in [-0.2, 0) is 11.3 Å². The maximum atomic E-state index is 12.8. The Morgan fingerprint density at radius 2 is 2.14 bits per heavy atom. The van der Waals surface area contributed by atoms with Crippen molar-refractivity contribution in [3.63, 3.8) is 0 Å². The molecule has 0 spiro atoms. The molecule has 0 aliphatic carbocycles. The summed E-state index contributed by atoms with van der Waals surface area (Å²) in [5.41, 5.74) is -0.126. The third kappa shape index (κ3) is 4.29. The van der Waals surface area contributed by atoms with Crippen molar-refractivity contribution >= 4 is 16.7 Å². The van der Waals surface area contributed by atoms with Gasteiger partial charge in [-0.25, -0.2) is 9.67 Å². The van der Waals surface area contributed by atoms with Gasteiger partial charge in [0.15, 0.2) is 0 Å². The van der Waals surface area contributed by atoms with Gasteiger partial charge in [-0.1, -0.05) is 12.1 Å². The highest BCUT2D eigenvalue weighted by atomic mass is 16.5. The number of hydrogen-bond donors (Lipinski definition) is 2. The Labute approximate surface area is 166 Å². The average Bonchev–Trinajstić information content (AvgIpc) is 2.75.